The molecule has 0 spiro atoms. The number of H-pyrrole nitrogens is 2. The van der Waals surface area contributed by atoms with Gasteiger partial charge in [-0.05, 0) is 42.3 Å². The van der Waals surface area contributed by atoms with Gasteiger partial charge in [-0.1, -0.05) is 30.3 Å². The Labute approximate surface area is 218 Å². The predicted octanol–water partition coefficient (Wildman–Crippen LogP) is 5.00. The van der Waals surface area contributed by atoms with Crippen molar-refractivity contribution in [2.45, 2.75) is 20.1 Å². The van der Waals surface area contributed by atoms with E-state index in [0.29, 0.717) is 30.2 Å². The van der Waals surface area contributed by atoms with Crippen molar-refractivity contribution >= 4 is 16.7 Å². The normalized spacial score (nSPS) is 11.1. The maximum atomic E-state index is 12.9. The van der Waals surface area contributed by atoms with Gasteiger partial charge < -0.3 is 24.6 Å². The molecule has 0 aliphatic carbocycles. The number of ether oxygens (including phenoxy) is 1. The van der Waals surface area contributed by atoms with Crippen LogP contribution in [0.15, 0.2) is 96.6 Å². The van der Waals surface area contributed by atoms with Gasteiger partial charge >= 0.3 is 0 Å². The van der Waals surface area contributed by atoms with Gasteiger partial charge in [-0.25, -0.2) is 9.97 Å². The van der Waals surface area contributed by atoms with Gasteiger partial charge in [-0.3, -0.25) is 9.78 Å². The second kappa shape index (κ2) is 10.1. The van der Waals surface area contributed by atoms with Gasteiger partial charge in [0.15, 0.2) is 0 Å². The molecule has 4 heterocycles. The van der Waals surface area contributed by atoms with Crippen molar-refractivity contribution in [3.8, 4) is 22.8 Å². The van der Waals surface area contributed by atoms with Crippen molar-refractivity contribution in [1.82, 2.24) is 29.5 Å². The molecule has 0 unspecified atom stereocenters. The second-order valence-electron chi connectivity index (χ2n) is 8.92. The monoisotopic (exact) mass is 503 g/mol. The second-order valence-corrected chi connectivity index (χ2v) is 8.92. The number of anilines is 1. The summed E-state index contributed by atoms with van der Waals surface area (Å²) in [6.45, 7) is 2.88. The van der Waals surface area contributed by atoms with Crippen LogP contribution in [0.3, 0.4) is 0 Å². The van der Waals surface area contributed by atoms with Crippen LogP contribution in [0.5, 0.6) is 5.75 Å². The fraction of sp³-hybridized carbons (Fsp3) is 0.103. The van der Waals surface area contributed by atoms with Gasteiger partial charge in [-0.2, -0.15) is 0 Å². The first kappa shape index (κ1) is 23.2. The van der Waals surface area contributed by atoms with Crippen molar-refractivity contribution in [3.63, 3.8) is 0 Å². The number of fused-ring (bicyclic) bond motifs is 1. The average molecular weight is 504 g/mol. The maximum Gasteiger partial charge on any atom is 0.261 e. The highest BCUT2D eigenvalue weighted by atomic mass is 16.5. The van der Waals surface area contributed by atoms with Gasteiger partial charge in [0.25, 0.3) is 5.56 Å². The third-order valence-corrected chi connectivity index (χ3v) is 6.26. The molecule has 38 heavy (non-hydrogen) atoms. The van der Waals surface area contributed by atoms with Crippen molar-refractivity contribution in [2.24, 2.45) is 0 Å². The SMILES string of the molecule is Cc1cc(-n2ccnc2)cc2[nH]c(-c3c(NCc4cc(OCc5ccccc5)ccn4)cc[nH]c3=O)nc12. The zero-order valence-corrected chi connectivity index (χ0v) is 20.7. The molecule has 188 valence electrons. The number of pyridine rings is 2. The van der Waals surface area contributed by atoms with Gasteiger partial charge in [-0.15, -0.1) is 0 Å². The molecular formula is C29H25N7O2. The molecule has 4 aromatic heterocycles. The summed E-state index contributed by atoms with van der Waals surface area (Å²) >= 11 is 0. The Morgan fingerprint density at radius 3 is 2.79 bits per heavy atom. The lowest BCUT2D eigenvalue weighted by atomic mass is 10.2. The summed E-state index contributed by atoms with van der Waals surface area (Å²) in [4.78, 5) is 32.4. The number of nitrogens with zero attached hydrogens (tertiary/aromatic N) is 4. The van der Waals surface area contributed by atoms with Gasteiger partial charge in [0.2, 0.25) is 0 Å². The number of aromatic nitrogens is 6. The van der Waals surface area contributed by atoms with E-state index in [4.69, 9.17) is 9.72 Å². The number of hydrogen-bond donors (Lipinski definition) is 3. The Hall–Kier alpha value is -5.18. The summed E-state index contributed by atoms with van der Waals surface area (Å²) in [5, 5.41) is 3.35. The van der Waals surface area contributed by atoms with E-state index < -0.39 is 0 Å². The molecule has 6 rings (SSSR count). The highest BCUT2D eigenvalue weighted by Crippen LogP contribution is 2.28. The van der Waals surface area contributed by atoms with Crippen LogP contribution in [0.25, 0.3) is 28.1 Å². The molecular weight excluding hydrogens is 478 g/mol. The lowest BCUT2D eigenvalue weighted by Gasteiger charge is -2.11. The minimum atomic E-state index is -0.241. The van der Waals surface area contributed by atoms with E-state index >= 15 is 0 Å². The molecule has 9 heteroatoms. The summed E-state index contributed by atoms with van der Waals surface area (Å²) in [6, 6.07) is 19.6. The Bertz CT molecular complexity index is 1760. The summed E-state index contributed by atoms with van der Waals surface area (Å²) in [5.41, 5.74) is 6.32. The largest absolute Gasteiger partial charge is 0.489 e. The molecule has 0 amide bonds. The van der Waals surface area contributed by atoms with Gasteiger partial charge in [0, 0.05) is 36.5 Å². The molecule has 0 fully saturated rings. The Morgan fingerprint density at radius 1 is 1.05 bits per heavy atom. The number of nitrogens with one attached hydrogen (secondary N) is 3. The molecule has 6 aromatic rings. The van der Waals surface area contributed by atoms with E-state index in [1.54, 1.807) is 24.9 Å². The van der Waals surface area contributed by atoms with Crippen LogP contribution in [0.4, 0.5) is 5.69 Å². The lowest BCUT2D eigenvalue weighted by molar-refractivity contribution is 0.305. The molecule has 3 N–H and O–H groups in total. The first-order valence-corrected chi connectivity index (χ1v) is 12.2. The molecule has 0 saturated carbocycles. The fourth-order valence-corrected chi connectivity index (χ4v) is 4.38. The molecule has 0 aliphatic heterocycles. The van der Waals surface area contributed by atoms with E-state index in [9.17, 15) is 4.79 Å². The quantitative estimate of drug-likeness (QED) is 0.269. The zero-order valence-electron chi connectivity index (χ0n) is 20.7. The van der Waals surface area contributed by atoms with Crippen LogP contribution >= 0.6 is 0 Å². The van der Waals surface area contributed by atoms with Crippen molar-refractivity contribution in [2.75, 3.05) is 5.32 Å². The smallest absolute Gasteiger partial charge is 0.261 e. The van der Waals surface area contributed by atoms with Gasteiger partial charge in [0.05, 0.1) is 35.3 Å². The molecule has 2 aromatic carbocycles. The number of aryl methyl sites for hydroxylation is 1. The standard InChI is InChI=1S/C29H25N7O2/c1-19-13-22(36-12-11-30-18-36)15-25-27(19)35-28(34-25)26-24(8-10-32-29(26)37)33-16-21-14-23(7-9-31-21)38-17-20-5-3-2-4-6-20/h2-15,18H,16-17H2,1H3,(H,34,35)(H2,32,33,37). The Morgan fingerprint density at radius 2 is 1.95 bits per heavy atom. The van der Waals surface area contributed by atoms with Crippen molar-refractivity contribution < 1.29 is 4.74 Å². The number of aromatic amines is 2. The minimum absolute atomic E-state index is 0.241. The molecule has 0 radical (unpaired) electrons. The number of rotatable bonds is 8. The first-order chi connectivity index (χ1) is 18.6. The molecule has 0 aliphatic rings. The zero-order chi connectivity index (χ0) is 25.9. The van der Waals surface area contributed by atoms with Crippen LogP contribution in [-0.4, -0.2) is 29.5 Å². The van der Waals surface area contributed by atoms with Crippen LogP contribution in [0.1, 0.15) is 16.8 Å². The van der Waals surface area contributed by atoms with E-state index in [1.165, 1.54) is 0 Å². The van der Waals surface area contributed by atoms with Crippen LogP contribution in [0.2, 0.25) is 0 Å². The van der Waals surface area contributed by atoms with E-state index in [0.717, 1.165) is 39.3 Å². The van der Waals surface area contributed by atoms with Gasteiger partial charge in [0.1, 0.15) is 23.7 Å². The lowest BCUT2D eigenvalue weighted by Crippen LogP contribution is -2.13. The third-order valence-electron chi connectivity index (χ3n) is 6.26. The highest BCUT2D eigenvalue weighted by molar-refractivity contribution is 5.86. The van der Waals surface area contributed by atoms with E-state index in [2.05, 4.69) is 25.3 Å². The van der Waals surface area contributed by atoms with Crippen molar-refractivity contribution in [3.05, 3.63) is 119 Å². The number of hydrogen-bond acceptors (Lipinski definition) is 6. The first-order valence-electron chi connectivity index (χ1n) is 12.2. The highest BCUT2D eigenvalue weighted by Gasteiger charge is 2.16. The van der Waals surface area contributed by atoms with Crippen LogP contribution in [0, 0.1) is 6.92 Å². The molecule has 0 saturated heterocycles. The Balaban J connectivity index is 1.25. The molecule has 9 nitrogen and oxygen atoms in total. The molecule has 0 bridgehead atoms. The Kier molecular flexibility index (Phi) is 6.15. The summed E-state index contributed by atoms with van der Waals surface area (Å²) in [6.07, 6.45) is 8.70. The predicted molar refractivity (Wildman–Crippen MR) is 146 cm³/mol. The van der Waals surface area contributed by atoms with Crippen LogP contribution in [-0.2, 0) is 13.2 Å². The summed E-state index contributed by atoms with van der Waals surface area (Å²) in [7, 11) is 0. The van der Waals surface area contributed by atoms with E-state index in [-0.39, 0.29) is 5.56 Å². The third kappa shape index (κ3) is 4.77. The van der Waals surface area contributed by atoms with E-state index in [1.807, 2.05) is 78.4 Å². The minimum Gasteiger partial charge on any atom is -0.489 e. The topological polar surface area (TPSA) is 114 Å². The van der Waals surface area contributed by atoms with Crippen LogP contribution < -0.4 is 15.6 Å². The number of imidazole rings is 2. The maximum absolute atomic E-state index is 12.9. The van der Waals surface area contributed by atoms with Crippen molar-refractivity contribution in [1.29, 1.82) is 0 Å². The number of benzene rings is 2. The average Bonchev–Trinajstić information content (AvgIpc) is 3.62. The summed E-state index contributed by atoms with van der Waals surface area (Å²) < 4.78 is 7.87. The fourth-order valence-electron chi connectivity index (χ4n) is 4.38. The summed E-state index contributed by atoms with van der Waals surface area (Å²) in [5.74, 6) is 1.22. The molecule has 0 atom stereocenters.